The Balaban J connectivity index is 0.00000484. The lowest BCUT2D eigenvalue weighted by Crippen LogP contribution is -2.41. The minimum Gasteiger partial charge on any atom is -0.464 e. The maximum absolute atomic E-state index is 11.8. The maximum Gasteiger partial charge on any atom is 0.227 e. The summed E-state index contributed by atoms with van der Waals surface area (Å²) in [4.78, 5) is 16.3. The summed E-state index contributed by atoms with van der Waals surface area (Å²) >= 11 is 0. The lowest BCUT2D eigenvalue weighted by molar-refractivity contribution is -0.128. The van der Waals surface area contributed by atoms with Crippen LogP contribution in [0.2, 0.25) is 0 Å². The summed E-state index contributed by atoms with van der Waals surface area (Å²) in [6, 6.07) is 3.88. The van der Waals surface area contributed by atoms with Crippen molar-refractivity contribution < 1.29 is 9.21 Å². The van der Waals surface area contributed by atoms with Crippen LogP contribution in [0.1, 0.15) is 45.3 Å². The van der Waals surface area contributed by atoms with E-state index < -0.39 is 5.41 Å². The highest BCUT2D eigenvalue weighted by Crippen LogP contribution is 2.17. The van der Waals surface area contributed by atoms with Gasteiger partial charge >= 0.3 is 0 Å². The summed E-state index contributed by atoms with van der Waals surface area (Å²) in [6.07, 6.45) is 0. The Labute approximate surface area is 155 Å². The van der Waals surface area contributed by atoms with Gasteiger partial charge in [-0.1, -0.05) is 0 Å². The molecule has 0 aliphatic heterocycles. The SMILES string of the molecule is CCNC(=NCC(C)(C)C(=O)NC)NC(C)c1ccc(C)o1.I. The zero-order valence-electron chi connectivity index (χ0n) is 14.8. The highest BCUT2D eigenvalue weighted by atomic mass is 127. The molecule has 0 saturated heterocycles. The lowest BCUT2D eigenvalue weighted by atomic mass is 9.93. The van der Waals surface area contributed by atoms with E-state index in [0.717, 1.165) is 18.1 Å². The monoisotopic (exact) mass is 436 g/mol. The first-order valence-corrected chi connectivity index (χ1v) is 7.63. The second-order valence-corrected chi connectivity index (χ2v) is 5.97. The van der Waals surface area contributed by atoms with E-state index >= 15 is 0 Å². The molecule has 0 saturated carbocycles. The van der Waals surface area contributed by atoms with E-state index in [1.54, 1.807) is 7.05 Å². The van der Waals surface area contributed by atoms with Crippen molar-refractivity contribution in [3.63, 3.8) is 0 Å². The molecule has 0 fully saturated rings. The van der Waals surface area contributed by atoms with Crippen molar-refractivity contribution in [1.29, 1.82) is 0 Å². The Bertz CT molecular complexity index is 526. The van der Waals surface area contributed by atoms with Gasteiger partial charge in [-0.2, -0.15) is 0 Å². The van der Waals surface area contributed by atoms with E-state index in [2.05, 4.69) is 20.9 Å². The van der Waals surface area contributed by atoms with E-state index in [4.69, 9.17) is 4.42 Å². The van der Waals surface area contributed by atoms with Crippen LogP contribution in [0, 0.1) is 12.3 Å². The van der Waals surface area contributed by atoms with E-state index in [1.165, 1.54) is 0 Å². The van der Waals surface area contributed by atoms with Crippen LogP contribution in [0.15, 0.2) is 21.5 Å². The van der Waals surface area contributed by atoms with Crippen LogP contribution in [0.25, 0.3) is 0 Å². The Morgan fingerprint density at radius 3 is 2.52 bits per heavy atom. The molecule has 7 heteroatoms. The van der Waals surface area contributed by atoms with Crippen LogP contribution in [0.3, 0.4) is 0 Å². The zero-order valence-corrected chi connectivity index (χ0v) is 17.1. The van der Waals surface area contributed by atoms with Crippen molar-refractivity contribution in [3.05, 3.63) is 23.7 Å². The van der Waals surface area contributed by atoms with E-state index in [1.807, 2.05) is 46.8 Å². The summed E-state index contributed by atoms with van der Waals surface area (Å²) < 4.78 is 5.62. The van der Waals surface area contributed by atoms with Gasteiger partial charge in [-0.15, -0.1) is 24.0 Å². The fourth-order valence-electron chi connectivity index (χ4n) is 1.97. The minimum atomic E-state index is -0.554. The van der Waals surface area contributed by atoms with E-state index in [0.29, 0.717) is 12.5 Å². The van der Waals surface area contributed by atoms with Crippen molar-refractivity contribution in [2.75, 3.05) is 20.1 Å². The van der Waals surface area contributed by atoms with Crippen LogP contribution in [-0.2, 0) is 4.79 Å². The largest absolute Gasteiger partial charge is 0.464 e. The number of carbonyl (C=O) groups is 1. The molecule has 0 spiro atoms. The number of carbonyl (C=O) groups excluding carboxylic acids is 1. The van der Waals surface area contributed by atoms with Crippen molar-refractivity contribution in [2.24, 2.45) is 10.4 Å². The number of nitrogens with one attached hydrogen (secondary N) is 3. The van der Waals surface area contributed by atoms with Gasteiger partial charge in [0.2, 0.25) is 5.91 Å². The van der Waals surface area contributed by atoms with Gasteiger partial charge in [-0.3, -0.25) is 9.79 Å². The van der Waals surface area contributed by atoms with Gasteiger partial charge < -0.3 is 20.4 Å². The summed E-state index contributed by atoms with van der Waals surface area (Å²) in [5.41, 5.74) is -0.554. The van der Waals surface area contributed by atoms with Crippen molar-refractivity contribution >= 4 is 35.8 Å². The molecule has 6 nitrogen and oxygen atoms in total. The third-order valence-electron chi connectivity index (χ3n) is 3.36. The Kier molecular flexibility index (Phi) is 9.26. The molecule has 1 aromatic heterocycles. The molecule has 0 aliphatic rings. The standard InChI is InChI=1S/C16H28N4O2.HI/c1-7-18-15(19-10-16(4,5)14(21)17-6)20-12(3)13-9-8-11(2)22-13;/h8-9,12H,7,10H2,1-6H3,(H,17,21)(H2,18,19,20);1H. The first kappa shape index (κ1) is 21.8. The molecule has 132 valence electrons. The molecule has 1 amide bonds. The zero-order chi connectivity index (χ0) is 16.8. The average Bonchev–Trinajstić information content (AvgIpc) is 2.90. The van der Waals surface area contributed by atoms with Gasteiger partial charge in [0.05, 0.1) is 18.0 Å². The van der Waals surface area contributed by atoms with Crippen LogP contribution >= 0.6 is 24.0 Å². The minimum absolute atomic E-state index is 0. The predicted molar refractivity (Wildman–Crippen MR) is 104 cm³/mol. The number of furan rings is 1. The summed E-state index contributed by atoms with van der Waals surface area (Å²) in [7, 11) is 1.64. The third kappa shape index (κ3) is 6.80. The molecule has 1 unspecified atom stereocenters. The first-order valence-electron chi connectivity index (χ1n) is 7.63. The molecule has 1 atom stereocenters. The molecular formula is C16H29IN4O2. The molecule has 1 aromatic rings. The van der Waals surface area contributed by atoms with Crippen LogP contribution in [0.4, 0.5) is 0 Å². The normalized spacial score (nSPS) is 13.0. The molecule has 0 radical (unpaired) electrons. The lowest BCUT2D eigenvalue weighted by Gasteiger charge is -2.22. The van der Waals surface area contributed by atoms with Crippen LogP contribution < -0.4 is 16.0 Å². The summed E-state index contributed by atoms with van der Waals surface area (Å²) in [6.45, 7) is 10.8. The molecule has 3 N–H and O–H groups in total. The quantitative estimate of drug-likeness (QED) is 0.364. The highest BCUT2D eigenvalue weighted by molar-refractivity contribution is 14.0. The Morgan fingerprint density at radius 1 is 1.39 bits per heavy atom. The van der Waals surface area contributed by atoms with E-state index in [-0.39, 0.29) is 35.9 Å². The van der Waals surface area contributed by atoms with Gasteiger partial charge in [0.25, 0.3) is 0 Å². The van der Waals surface area contributed by atoms with Crippen molar-refractivity contribution in [3.8, 4) is 0 Å². The van der Waals surface area contributed by atoms with Crippen molar-refractivity contribution in [1.82, 2.24) is 16.0 Å². The number of nitrogens with zero attached hydrogens (tertiary/aromatic N) is 1. The molecule has 0 bridgehead atoms. The molecule has 23 heavy (non-hydrogen) atoms. The topological polar surface area (TPSA) is 78.7 Å². The van der Waals surface area contributed by atoms with Crippen molar-refractivity contribution in [2.45, 2.75) is 40.7 Å². The first-order chi connectivity index (χ1) is 10.3. The summed E-state index contributed by atoms with van der Waals surface area (Å²) in [5, 5.41) is 9.14. The number of aryl methyl sites for hydroxylation is 1. The van der Waals surface area contributed by atoms with Crippen LogP contribution in [0.5, 0.6) is 0 Å². The second kappa shape index (κ2) is 9.79. The molecule has 1 heterocycles. The summed E-state index contributed by atoms with van der Waals surface area (Å²) in [5.74, 6) is 2.38. The Hall–Kier alpha value is -1.25. The molecule has 0 aliphatic carbocycles. The fourth-order valence-corrected chi connectivity index (χ4v) is 1.97. The van der Waals surface area contributed by atoms with Gasteiger partial charge in [0.15, 0.2) is 5.96 Å². The number of guanidine groups is 1. The van der Waals surface area contributed by atoms with Gasteiger partial charge in [0.1, 0.15) is 11.5 Å². The number of halogens is 1. The van der Waals surface area contributed by atoms with Crippen LogP contribution in [-0.4, -0.2) is 32.0 Å². The highest BCUT2D eigenvalue weighted by Gasteiger charge is 2.26. The van der Waals surface area contributed by atoms with E-state index in [9.17, 15) is 4.79 Å². The number of aliphatic imine (C=N–C) groups is 1. The molecule has 1 rings (SSSR count). The van der Waals surface area contributed by atoms with Gasteiger partial charge in [-0.05, 0) is 46.8 Å². The maximum atomic E-state index is 11.8. The Morgan fingerprint density at radius 2 is 2.04 bits per heavy atom. The molecular weight excluding hydrogens is 407 g/mol. The third-order valence-corrected chi connectivity index (χ3v) is 3.36. The van der Waals surface area contributed by atoms with Gasteiger partial charge in [-0.25, -0.2) is 0 Å². The fraction of sp³-hybridized carbons (Fsp3) is 0.625. The number of amides is 1. The second-order valence-electron chi connectivity index (χ2n) is 5.97. The smallest absolute Gasteiger partial charge is 0.227 e. The number of rotatable bonds is 6. The number of hydrogen-bond acceptors (Lipinski definition) is 3. The molecule has 0 aromatic carbocycles. The number of hydrogen-bond donors (Lipinski definition) is 3. The predicted octanol–water partition coefficient (Wildman–Crippen LogP) is 2.59. The van der Waals surface area contributed by atoms with Gasteiger partial charge in [0, 0.05) is 13.6 Å². The average molecular weight is 436 g/mol.